The zero-order valence-corrected chi connectivity index (χ0v) is 19.8. The number of hydrogen-bond acceptors (Lipinski definition) is 5. The molecule has 1 fully saturated rings. The van der Waals surface area contributed by atoms with Crippen molar-refractivity contribution in [1.29, 1.82) is 0 Å². The van der Waals surface area contributed by atoms with Crippen LogP contribution in [0.2, 0.25) is 0 Å². The number of nitrogens with zero attached hydrogens (tertiary/aromatic N) is 2. The summed E-state index contributed by atoms with van der Waals surface area (Å²) in [6, 6.07) is 15.7. The van der Waals surface area contributed by atoms with Crippen molar-refractivity contribution in [3.8, 4) is 0 Å². The summed E-state index contributed by atoms with van der Waals surface area (Å²) in [6.45, 7) is 2.16. The van der Waals surface area contributed by atoms with Crippen LogP contribution in [0, 0.1) is 10.1 Å². The van der Waals surface area contributed by atoms with Gasteiger partial charge in [0, 0.05) is 30.5 Å². The molecule has 7 nitrogen and oxygen atoms in total. The number of non-ortho nitro benzene ring substituents is 1. The molecule has 2 amide bonds. The quantitative estimate of drug-likeness (QED) is 0.402. The molecule has 0 aliphatic heterocycles. The maximum Gasteiger partial charge on any atom is 0.269 e. The van der Waals surface area contributed by atoms with Gasteiger partial charge in [0.25, 0.3) is 5.69 Å². The lowest BCUT2D eigenvalue weighted by molar-refractivity contribution is -0.384. The topological polar surface area (TPSA) is 92.6 Å². The lowest BCUT2D eigenvalue weighted by Crippen LogP contribution is -2.50. The molecule has 33 heavy (non-hydrogen) atoms. The number of rotatable bonds is 10. The second kappa shape index (κ2) is 12.4. The smallest absolute Gasteiger partial charge is 0.269 e. The maximum atomic E-state index is 13.2. The summed E-state index contributed by atoms with van der Waals surface area (Å²) in [5, 5.41) is 13.9. The average Bonchev–Trinajstić information content (AvgIpc) is 2.83. The van der Waals surface area contributed by atoms with Gasteiger partial charge in [-0.15, -0.1) is 11.8 Å². The largest absolute Gasteiger partial charge is 0.352 e. The molecule has 1 N–H and O–H groups in total. The molecule has 1 atom stereocenters. The van der Waals surface area contributed by atoms with Gasteiger partial charge < -0.3 is 10.2 Å². The Morgan fingerprint density at radius 1 is 1.06 bits per heavy atom. The van der Waals surface area contributed by atoms with Crippen molar-refractivity contribution in [2.45, 2.75) is 63.4 Å². The third-order valence-corrected chi connectivity index (χ3v) is 6.94. The fraction of sp³-hybridized carbons (Fsp3) is 0.440. The zero-order chi connectivity index (χ0) is 23.6. The standard InChI is InChI=1S/C25H31N3O4S/c1-19(25(30)26-22-10-6-3-7-11-22)27(16-20-8-4-2-5-9-20)24(29)18-33-17-21-12-14-23(15-13-21)28(31)32/h2,4-5,8-9,12-15,19,22H,3,6-7,10-11,16-18H2,1H3,(H,26,30)/t19-/m1/s1. The summed E-state index contributed by atoms with van der Waals surface area (Å²) in [5.41, 5.74) is 1.94. The Balaban J connectivity index is 1.61. The van der Waals surface area contributed by atoms with Gasteiger partial charge in [0.1, 0.15) is 6.04 Å². The van der Waals surface area contributed by atoms with Gasteiger partial charge in [0.2, 0.25) is 11.8 Å². The fourth-order valence-electron chi connectivity index (χ4n) is 3.98. The molecule has 1 saturated carbocycles. The molecule has 3 rings (SSSR count). The number of benzene rings is 2. The van der Waals surface area contributed by atoms with Gasteiger partial charge in [-0.05, 0) is 30.9 Å². The number of carbonyl (C=O) groups is 2. The number of hydrogen-bond donors (Lipinski definition) is 1. The van der Waals surface area contributed by atoms with Gasteiger partial charge in [0.15, 0.2) is 0 Å². The molecule has 0 unspecified atom stereocenters. The molecule has 0 bridgehead atoms. The highest BCUT2D eigenvalue weighted by molar-refractivity contribution is 7.99. The van der Waals surface area contributed by atoms with Crippen LogP contribution in [0.5, 0.6) is 0 Å². The Hall–Kier alpha value is -2.87. The van der Waals surface area contributed by atoms with Crippen LogP contribution >= 0.6 is 11.8 Å². The van der Waals surface area contributed by atoms with Gasteiger partial charge in [-0.2, -0.15) is 0 Å². The average molecular weight is 470 g/mol. The highest BCUT2D eigenvalue weighted by Gasteiger charge is 2.28. The van der Waals surface area contributed by atoms with Crippen molar-refractivity contribution in [2.24, 2.45) is 0 Å². The summed E-state index contributed by atoms with van der Waals surface area (Å²) >= 11 is 1.44. The summed E-state index contributed by atoms with van der Waals surface area (Å²) in [6.07, 6.45) is 5.47. The van der Waals surface area contributed by atoms with E-state index in [0.717, 1.165) is 36.8 Å². The summed E-state index contributed by atoms with van der Waals surface area (Å²) < 4.78 is 0. The van der Waals surface area contributed by atoms with Crippen molar-refractivity contribution >= 4 is 29.3 Å². The normalized spacial score (nSPS) is 14.9. The minimum atomic E-state index is -0.570. The monoisotopic (exact) mass is 469 g/mol. The van der Waals surface area contributed by atoms with E-state index in [2.05, 4.69) is 5.32 Å². The summed E-state index contributed by atoms with van der Waals surface area (Å²) in [4.78, 5) is 38.1. The number of carbonyl (C=O) groups excluding carboxylic acids is 2. The minimum Gasteiger partial charge on any atom is -0.352 e. The van der Waals surface area contributed by atoms with Crippen LogP contribution in [0.25, 0.3) is 0 Å². The Bertz CT molecular complexity index is 930. The number of amides is 2. The van der Waals surface area contributed by atoms with Crippen LogP contribution in [0.15, 0.2) is 54.6 Å². The van der Waals surface area contributed by atoms with E-state index in [1.807, 2.05) is 30.3 Å². The SMILES string of the molecule is C[C@H](C(=O)NC1CCCCC1)N(Cc1ccccc1)C(=O)CSCc1ccc([N+](=O)[O-])cc1. The molecule has 1 aliphatic rings. The number of thioether (sulfide) groups is 1. The first kappa shape index (κ1) is 24.8. The number of nitro benzene ring substituents is 1. The first-order valence-electron chi connectivity index (χ1n) is 11.4. The molecule has 0 heterocycles. The lowest BCUT2D eigenvalue weighted by atomic mass is 9.95. The van der Waals surface area contributed by atoms with E-state index in [0.29, 0.717) is 12.3 Å². The van der Waals surface area contributed by atoms with Gasteiger partial charge in [-0.1, -0.05) is 61.7 Å². The van der Waals surface area contributed by atoms with Crippen LogP contribution in [0.1, 0.15) is 50.2 Å². The molecular formula is C25H31N3O4S. The molecule has 0 saturated heterocycles. The highest BCUT2D eigenvalue weighted by atomic mass is 32.2. The molecule has 2 aromatic carbocycles. The van der Waals surface area contributed by atoms with Crippen molar-refractivity contribution in [2.75, 3.05) is 5.75 Å². The number of nitro groups is 1. The molecule has 0 radical (unpaired) electrons. The Morgan fingerprint density at radius 3 is 2.36 bits per heavy atom. The van der Waals surface area contributed by atoms with E-state index in [9.17, 15) is 19.7 Å². The molecule has 176 valence electrons. The van der Waals surface area contributed by atoms with E-state index in [1.165, 1.54) is 30.3 Å². The van der Waals surface area contributed by atoms with E-state index < -0.39 is 11.0 Å². The van der Waals surface area contributed by atoms with Crippen LogP contribution in [0.3, 0.4) is 0 Å². The minimum absolute atomic E-state index is 0.0478. The predicted octanol–water partition coefficient (Wildman–Crippen LogP) is 4.69. The van der Waals surface area contributed by atoms with E-state index >= 15 is 0 Å². The molecular weight excluding hydrogens is 438 g/mol. The van der Waals surface area contributed by atoms with Crippen LogP contribution in [-0.2, 0) is 21.9 Å². The Kier molecular flexibility index (Phi) is 9.30. The van der Waals surface area contributed by atoms with Gasteiger partial charge >= 0.3 is 0 Å². The van der Waals surface area contributed by atoms with Crippen molar-refractivity contribution in [3.63, 3.8) is 0 Å². The maximum absolute atomic E-state index is 13.2. The first-order chi connectivity index (χ1) is 15.9. The lowest BCUT2D eigenvalue weighted by Gasteiger charge is -2.31. The van der Waals surface area contributed by atoms with E-state index in [-0.39, 0.29) is 29.3 Å². The first-order valence-corrected chi connectivity index (χ1v) is 12.5. The molecule has 0 aromatic heterocycles. The van der Waals surface area contributed by atoms with E-state index in [1.54, 1.807) is 24.0 Å². The molecule has 8 heteroatoms. The van der Waals surface area contributed by atoms with Gasteiger partial charge in [0.05, 0.1) is 10.7 Å². The third kappa shape index (κ3) is 7.60. The van der Waals surface area contributed by atoms with Crippen LogP contribution < -0.4 is 5.32 Å². The predicted molar refractivity (Wildman–Crippen MR) is 131 cm³/mol. The Morgan fingerprint density at radius 2 is 1.73 bits per heavy atom. The van der Waals surface area contributed by atoms with Crippen molar-refractivity contribution in [1.82, 2.24) is 10.2 Å². The van der Waals surface area contributed by atoms with Crippen LogP contribution in [-0.4, -0.2) is 39.5 Å². The molecule has 2 aromatic rings. The Labute approximate surface area is 199 Å². The third-order valence-electron chi connectivity index (χ3n) is 5.96. The summed E-state index contributed by atoms with van der Waals surface area (Å²) in [5.74, 6) is 0.583. The van der Waals surface area contributed by atoms with Crippen LogP contribution in [0.4, 0.5) is 5.69 Å². The zero-order valence-electron chi connectivity index (χ0n) is 18.9. The second-order valence-corrected chi connectivity index (χ2v) is 9.43. The summed E-state index contributed by atoms with van der Waals surface area (Å²) in [7, 11) is 0. The van der Waals surface area contributed by atoms with Crippen molar-refractivity contribution < 1.29 is 14.5 Å². The van der Waals surface area contributed by atoms with Gasteiger partial charge in [-0.25, -0.2) is 0 Å². The van der Waals surface area contributed by atoms with E-state index in [4.69, 9.17) is 0 Å². The highest BCUT2D eigenvalue weighted by Crippen LogP contribution is 2.20. The molecule has 1 aliphatic carbocycles. The van der Waals surface area contributed by atoms with Crippen molar-refractivity contribution in [3.05, 3.63) is 75.8 Å². The second-order valence-electron chi connectivity index (χ2n) is 8.44. The molecule has 0 spiro atoms. The number of nitrogens with one attached hydrogen (secondary N) is 1. The fourth-order valence-corrected chi connectivity index (χ4v) is 4.86. The van der Waals surface area contributed by atoms with Gasteiger partial charge in [-0.3, -0.25) is 19.7 Å².